The SMILES string of the molecule is CCc1cc(C2=NCC=C(N)c3ccccc32)ccc1Cl. The average molecular weight is 297 g/mol. The monoisotopic (exact) mass is 296 g/mol. The third kappa shape index (κ3) is 2.59. The zero-order valence-corrected chi connectivity index (χ0v) is 12.7. The highest BCUT2D eigenvalue weighted by Crippen LogP contribution is 2.25. The molecule has 3 heteroatoms. The average Bonchev–Trinajstić information content (AvgIpc) is 2.68. The summed E-state index contributed by atoms with van der Waals surface area (Å²) in [6.45, 7) is 2.70. The van der Waals surface area contributed by atoms with Crippen molar-refractivity contribution in [1.82, 2.24) is 0 Å². The Kier molecular flexibility index (Phi) is 3.80. The summed E-state index contributed by atoms with van der Waals surface area (Å²) in [6.07, 6.45) is 2.87. The summed E-state index contributed by atoms with van der Waals surface area (Å²) in [7, 11) is 0. The Morgan fingerprint density at radius 1 is 1.14 bits per heavy atom. The zero-order chi connectivity index (χ0) is 14.8. The van der Waals surface area contributed by atoms with Gasteiger partial charge in [-0.3, -0.25) is 4.99 Å². The summed E-state index contributed by atoms with van der Waals surface area (Å²) in [5.74, 6) is 0. The maximum absolute atomic E-state index is 6.22. The molecule has 1 aliphatic rings. The number of nitrogens with two attached hydrogens (primary N) is 1. The molecule has 21 heavy (non-hydrogen) atoms. The number of rotatable bonds is 2. The molecule has 3 rings (SSSR count). The van der Waals surface area contributed by atoms with E-state index in [0.717, 1.165) is 45.1 Å². The molecule has 0 fully saturated rings. The molecular weight excluding hydrogens is 280 g/mol. The first-order valence-electron chi connectivity index (χ1n) is 7.09. The number of halogens is 1. The van der Waals surface area contributed by atoms with Crippen LogP contribution in [0.2, 0.25) is 5.02 Å². The van der Waals surface area contributed by atoms with Gasteiger partial charge in [-0.05, 0) is 30.2 Å². The second-order valence-electron chi connectivity index (χ2n) is 5.05. The Labute approximate surface area is 130 Å². The van der Waals surface area contributed by atoms with Crippen molar-refractivity contribution < 1.29 is 0 Å². The Morgan fingerprint density at radius 2 is 1.90 bits per heavy atom. The zero-order valence-electron chi connectivity index (χ0n) is 11.9. The summed E-state index contributed by atoms with van der Waals surface area (Å²) >= 11 is 6.22. The van der Waals surface area contributed by atoms with Crippen molar-refractivity contribution in [2.75, 3.05) is 6.54 Å². The van der Waals surface area contributed by atoms with Crippen molar-refractivity contribution in [2.45, 2.75) is 13.3 Å². The van der Waals surface area contributed by atoms with E-state index < -0.39 is 0 Å². The molecule has 2 N–H and O–H groups in total. The first kappa shape index (κ1) is 13.9. The van der Waals surface area contributed by atoms with Crippen molar-refractivity contribution in [2.24, 2.45) is 10.7 Å². The van der Waals surface area contributed by atoms with E-state index in [4.69, 9.17) is 22.3 Å². The molecule has 2 aromatic carbocycles. The lowest BCUT2D eigenvalue weighted by Gasteiger charge is -2.12. The molecule has 2 nitrogen and oxygen atoms in total. The number of benzene rings is 2. The fourth-order valence-corrected chi connectivity index (χ4v) is 2.86. The maximum Gasteiger partial charge on any atom is 0.0729 e. The van der Waals surface area contributed by atoms with Crippen molar-refractivity contribution in [3.05, 3.63) is 75.8 Å². The number of hydrogen-bond donors (Lipinski definition) is 1. The molecule has 0 aromatic heterocycles. The number of aliphatic imine (C=N–C) groups is 1. The molecule has 106 valence electrons. The van der Waals surface area contributed by atoms with Crippen molar-refractivity contribution in [3.8, 4) is 0 Å². The molecule has 0 unspecified atom stereocenters. The van der Waals surface area contributed by atoms with Gasteiger partial charge in [0.25, 0.3) is 0 Å². The van der Waals surface area contributed by atoms with Crippen LogP contribution >= 0.6 is 11.6 Å². The van der Waals surface area contributed by atoms with Gasteiger partial charge in [0.1, 0.15) is 0 Å². The third-order valence-corrected chi connectivity index (χ3v) is 4.12. The molecule has 0 bridgehead atoms. The second kappa shape index (κ2) is 5.74. The van der Waals surface area contributed by atoms with Crippen LogP contribution in [0.25, 0.3) is 5.70 Å². The highest BCUT2D eigenvalue weighted by molar-refractivity contribution is 6.31. The van der Waals surface area contributed by atoms with Gasteiger partial charge in [-0.2, -0.15) is 0 Å². The van der Waals surface area contributed by atoms with Crippen molar-refractivity contribution in [1.29, 1.82) is 0 Å². The molecular formula is C18H17ClN2. The van der Waals surface area contributed by atoms with Crippen LogP contribution in [0.5, 0.6) is 0 Å². The molecule has 0 amide bonds. The van der Waals surface area contributed by atoms with E-state index in [1.807, 2.05) is 36.4 Å². The fourth-order valence-electron chi connectivity index (χ4n) is 2.61. The molecule has 0 saturated carbocycles. The van der Waals surface area contributed by atoms with Crippen molar-refractivity contribution in [3.63, 3.8) is 0 Å². The highest BCUT2D eigenvalue weighted by Gasteiger charge is 2.15. The number of hydrogen-bond acceptors (Lipinski definition) is 2. The minimum Gasteiger partial charge on any atom is -0.398 e. The second-order valence-corrected chi connectivity index (χ2v) is 5.46. The minimum atomic E-state index is 0.597. The van der Waals surface area contributed by atoms with Crippen LogP contribution in [-0.2, 0) is 6.42 Å². The first-order chi connectivity index (χ1) is 10.2. The summed E-state index contributed by atoms with van der Waals surface area (Å²) in [4.78, 5) is 4.71. The lowest BCUT2D eigenvalue weighted by atomic mass is 9.95. The van der Waals surface area contributed by atoms with Crippen LogP contribution in [-0.4, -0.2) is 12.3 Å². The molecule has 1 heterocycles. The molecule has 0 spiro atoms. The van der Waals surface area contributed by atoms with E-state index in [1.54, 1.807) is 0 Å². The summed E-state index contributed by atoms with van der Waals surface area (Å²) in [5, 5.41) is 0.807. The van der Waals surface area contributed by atoms with Gasteiger partial charge < -0.3 is 5.73 Å². The Bertz CT molecular complexity index is 745. The van der Waals surface area contributed by atoms with E-state index in [-0.39, 0.29) is 0 Å². The standard InChI is InChI=1S/C18H17ClN2/c1-2-12-11-13(7-8-16(12)19)18-15-6-4-3-5-14(15)17(20)9-10-21-18/h3-9,11H,2,10,20H2,1H3. The minimum absolute atomic E-state index is 0.597. The molecule has 1 aliphatic heterocycles. The topological polar surface area (TPSA) is 38.4 Å². The van der Waals surface area contributed by atoms with E-state index in [1.165, 1.54) is 0 Å². The van der Waals surface area contributed by atoms with Gasteiger partial charge in [-0.25, -0.2) is 0 Å². The smallest absolute Gasteiger partial charge is 0.0729 e. The van der Waals surface area contributed by atoms with E-state index in [2.05, 4.69) is 19.1 Å². The van der Waals surface area contributed by atoms with Crippen LogP contribution in [0.4, 0.5) is 0 Å². The normalized spacial score (nSPS) is 14.0. The van der Waals surface area contributed by atoms with Crippen LogP contribution < -0.4 is 5.73 Å². The summed E-state index contributed by atoms with van der Waals surface area (Å²) < 4.78 is 0. The predicted molar refractivity (Wildman–Crippen MR) is 89.9 cm³/mol. The number of aryl methyl sites for hydroxylation is 1. The van der Waals surface area contributed by atoms with Gasteiger partial charge in [0.15, 0.2) is 0 Å². The van der Waals surface area contributed by atoms with E-state index >= 15 is 0 Å². The molecule has 0 atom stereocenters. The molecule has 0 aliphatic carbocycles. The van der Waals surface area contributed by atoms with Crippen molar-refractivity contribution >= 4 is 23.0 Å². The van der Waals surface area contributed by atoms with Gasteiger partial charge >= 0.3 is 0 Å². The van der Waals surface area contributed by atoms with Gasteiger partial charge in [0.2, 0.25) is 0 Å². The lowest BCUT2D eigenvalue weighted by molar-refractivity contribution is 1.14. The Morgan fingerprint density at radius 3 is 2.67 bits per heavy atom. The first-order valence-corrected chi connectivity index (χ1v) is 7.47. The molecule has 2 aromatic rings. The Hall–Kier alpha value is -2.06. The number of fused-ring (bicyclic) bond motifs is 1. The third-order valence-electron chi connectivity index (χ3n) is 3.75. The quantitative estimate of drug-likeness (QED) is 0.892. The lowest BCUT2D eigenvalue weighted by Crippen LogP contribution is -2.08. The van der Waals surface area contributed by atoms with Crippen LogP contribution in [0.1, 0.15) is 29.2 Å². The molecule has 0 saturated heterocycles. The summed E-state index contributed by atoms with van der Waals surface area (Å²) in [6, 6.07) is 14.2. The Balaban J connectivity index is 2.16. The van der Waals surface area contributed by atoms with Crippen LogP contribution in [0, 0.1) is 0 Å². The highest BCUT2D eigenvalue weighted by atomic mass is 35.5. The van der Waals surface area contributed by atoms with Gasteiger partial charge in [-0.15, -0.1) is 0 Å². The fraction of sp³-hybridized carbons (Fsp3) is 0.167. The van der Waals surface area contributed by atoms with E-state index in [0.29, 0.717) is 6.54 Å². The predicted octanol–water partition coefficient (Wildman–Crippen LogP) is 4.05. The van der Waals surface area contributed by atoms with Gasteiger partial charge in [0, 0.05) is 27.4 Å². The molecule has 0 radical (unpaired) electrons. The van der Waals surface area contributed by atoms with Gasteiger partial charge in [0.05, 0.1) is 12.3 Å². The van der Waals surface area contributed by atoms with Crippen LogP contribution in [0.15, 0.2) is 53.5 Å². The van der Waals surface area contributed by atoms with E-state index in [9.17, 15) is 0 Å². The largest absolute Gasteiger partial charge is 0.398 e. The van der Waals surface area contributed by atoms with Gasteiger partial charge in [-0.1, -0.05) is 48.9 Å². The summed E-state index contributed by atoms with van der Waals surface area (Å²) in [5.41, 5.74) is 12.2. The number of nitrogens with zero attached hydrogens (tertiary/aromatic N) is 1. The van der Waals surface area contributed by atoms with Crippen LogP contribution in [0.3, 0.4) is 0 Å². The maximum atomic E-state index is 6.22.